The van der Waals surface area contributed by atoms with E-state index >= 15 is 0 Å². The van der Waals surface area contributed by atoms with E-state index in [9.17, 15) is 0 Å². The Morgan fingerprint density at radius 2 is 2.25 bits per heavy atom. The van der Waals surface area contributed by atoms with Crippen LogP contribution >= 0.6 is 11.3 Å². The molecule has 2 fully saturated rings. The average Bonchev–Trinajstić information content (AvgIpc) is 3.05. The van der Waals surface area contributed by atoms with Crippen molar-refractivity contribution in [1.29, 1.82) is 0 Å². The number of rotatable bonds is 4. The third-order valence-electron chi connectivity index (χ3n) is 4.88. The van der Waals surface area contributed by atoms with Crippen LogP contribution in [0, 0.1) is 6.92 Å². The zero-order valence-electron chi connectivity index (χ0n) is 13.2. The molecule has 4 heteroatoms. The van der Waals surface area contributed by atoms with Gasteiger partial charge < -0.3 is 5.32 Å². The minimum atomic E-state index is 0.105. The molecule has 2 aliphatic rings. The third-order valence-corrected chi connectivity index (χ3v) is 6.07. The number of aromatic nitrogens is 1. The molecule has 0 aliphatic carbocycles. The van der Waals surface area contributed by atoms with E-state index in [-0.39, 0.29) is 5.54 Å². The first-order valence-corrected chi connectivity index (χ1v) is 8.87. The first-order valence-electron chi connectivity index (χ1n) is 8.05. The second-order valence-electron chi connectivity index (χ2n) is 6.59. The van der Waals surface area contributed by atoms with Crippen LogP contribution in [0.1, 0.15) is 55.6 Å². The molecule has 3 nitrogen and oxygen atoms in total. The van der Waals surface area contributed by atoms with Crippen molar-refractivity contribution in [2.45, 2.75) is 71.0 Å². The van der Waals surface area contributed by atoms with Crippen LogP contribution in [0.15, 0.2) is 0 Å². The number of hydrogen-bond donors (Lipinski definition) is 1. The Morgan fingerprint density at radius 3 is 2.90 bits per heavy atom. The molecular weight excluding hydrogens is 266 g/mol. The van der Waals surface area contributed by atoms with Gasteiger partial charge in [0.1, 0.15) is 5.01 Å². The van der Waals surface area contributed by atoms with Crippen molar-refractivity contribution in [1.82, 2.24) is 15.2 Å². The Balaban J connectivity index is 2.01. The Hall–Kier alpha value is -0.450. The highest BCUT2D eigenvalue weighted by molar-refractivity contribution is 7.11. The van der Waals surface area contributed by atoms with E-state index < -0.39 is 0 Å². The molecule has 2 atom stereocenters. The van der Waals surface area contributed by atoms with Gasteiger partial charge in [0, 0.05) is 23.5 Å². The van der Waals surface area contributed by atoms with Gasteiger partial charge in [0.2, 0.25) is 0 Å². The molecule has 0 amide bonds. The molecule has 20 heavy (non-hydrogen) atoms. The highest BCUT2D eigenvalue weighted by Gasteiger charge is 2.52. The smallest absolute Gasteiger partial charge is 0.115 e. The second kappa shape index (κ2) is 5.39. The lowest BCUT2D eigenvalue weighted by atomic mass is 9.88. The molecule has 2 saturated heterocycles. The minimum Gasteiger partial charge on any atom is -0.302 e. The van der Waals surface area contributed by atoms with Crippen LogP contribution in [-0.4, -0.2) is 35.1 Å². The summed E-state index contributed by atoms with van der Waals surface area (Å²) < 4.78 is 0. The summed E-state index contributed by atoms with van der Waals surface area (Å²) in [6.07, 6.45) is 4.93. The number of thiazole rings is 1. The quantitative estimate of drug-likeness (QED) is 0.924. The predicted octanol–water partition coefficient (Wildman–Crippen LogP) is 3.08. The predicted molar refractivity (Wildman–Crippen MR) is 85.4 cm³/mol. The van der Waals surface area contributed by atoms with Gasteiger partial charge in [-0.2, -0.15) is 0 Å². The number of hydrogen-bond acceptors (Lipinski definition) is 4. The van der Waals surface area contributed by atoms with Crippen molar-refractivity contribution in [3.63, 3.8) is 0 Å². The van der Waals surface area contributed by atoms with Gasteiger partial charge in [0.15, 0.2) is 0 Å². The largest absolute Gasteiger partial charge is 0.302 e. The fourth-order valence-corrected chi connectivity index (χ4v) is 5.31. The Labute approximate surface area is 126 Å². The van der Waals surface area contributed by atoms with Crippen LogP contribution in [0.25, 0.3) is 0 Å². The average molecular weight is 293 g/mol. The topological polar surface area (TPSA) is 28.2 Å². The molecule has 1 N–H and O–H groups in total. The van der Waals surface area contributed by atoms with Crippen molar-refractivity contribution in [3.8, 4) is 0 Å². The summed E-state index contributed by atoms with van der Waals surface area (Å²) >= 11 is 1.93. The van der Waals surface area contributed by atoms with Gasteiger partial charge in [-0.15, -0.1) is 11.3 Å². The van der Waals surface area contributed by atoms with Gasteiger partial charge in [-0.3, -0.25) is 4.90 Å². The third kappa shape index (κ3) is 2.22. The van der Waals surface area contributed by atoms with Gasteiger partial charge in [-0.25, -0.2) is 4.98 Å². The molecule has 0 saturated carbocycles. The normalized spacial score (nSPS) is 30.4. The van der Waals surface area contributed by atoms with Crippen molar-refractivity contribution in [2.75, 3.05) is 13.1 Å². The van der Waals surface area contributed by atoms with E-state index in [1.54, 1.807) is 0 Å². The van der Waals surface area contributed by atoms with Crippen LogP contribution in [0.4, 0.5) is 0 Å². The van der Waals surface area contributed by atoms with Crippen molar-refractivity contribution < 1.29 is 0 Å². The molecule has 0 radical (unpaired) electrons. The molecule has 112 valence electrons. The number of nitrogens with zero attached hydrogens (tertiary/aromatic N) is 2. The van der Waals surface area contributed by atoms with Crippen LogP contribution in [0.3, 0.4) is 0 Å². The molecule has 1 aromatic rings. The maximum Gasteiger partial charge on any atom is 0.115 e. The lowest BCUT2D eigenvalue weighted by Gasteiger charge is -2.36. The summed E-state index contributed by atoms with van der Waals surface area (Å²) in [4.78, 5) is 9.11. The Morgan fingerprint density at radius 1 is 1.45 bits per heavy atom. The fraction of sp³-hybridized carbons (Fsp3) is 0.812. The Bertz CT molecular complexity index is 482. The van der Waals surface area contributed by atoms with Crippen molar-refractivity contribution in [3.05, 3.63) is 15.6 Å². The maximum atomic E-state index is 5.03. The van der Waals surface area contributed by atoms with Gasteiger partial charge in [-0.1, -0.05) is 6.92 Å². The molecule has 2 aliphatic heterocycles. The zero-order valence-corrected chi connectivity index (χ0v) is 14.0. The monoisotopic (exact) mass is 293 g/mol. The standard InChI is InChI=1S/C16H27N3S/c1-5-13-12(4)20-15(17-13)16(18-11(2)3)8-10-19-9-6-7-14(16)19/h11,14,18H,5-10H2,1-4H3. The fourth-order valence-electron chi connectivity index (χ4n) is 4.08. The first kappa shape index (κ1) is 14.5. The van der Waals surface area contributed by atoms with Crippen LogP contribution < -0.4 is 5.32 Å². The van der Waals surface area contributed by atoms with E-state index in [2.05, 4.69) is 37.9 Å². The van der Waals surface area contributed by atoms with Gasteiger partial charge in [-0.05, 0) is 53.0 Å². The summed E-state index contributed by atoms with van der Waals surface area (Å²) in [5, 5.41) is 5.26. The molecule has 3 rings (SSSR count). The van der Waals surface area contributed by atoms with Crippen LogP contribution in [-0.2, 0) is 12.0 Å². The lowest BCUT2D eigenvalue weighted by Crippen LogP contribution is -2.52. The molecule has 0 aromatic carbocycles. The summed E-state index contributed by atoms with van der Waals surface area (Å²) in [6, 6.07) is 1.16. The SMILES string of the molecule is CCc1nc(C2(NC(C)C)CCN3CCCC32)sc1C. The summed E-state index contributed by atoms with van der Waals surface area (Å²) in [7, 11) is 0. The molecule has 3 heterocycles. The minimum absolute atomic E-state index is 0.105. The van der Waals surface area contributed by atoms with Crippen LogP contribution in [0.5, 0.6) is 0 Å². The van der Waals surface area contributed by atoms with Gasteiger partial charge in [0.25, 0.3) is 0 Å². The van der Waals surface area contributed by atoms with E-state index in [0.29, 0.717) is 12.1 Å². The zero-order chi connectivity index (χ0) is 14.3. The summed E-state index contributed by atoms with van der Waals surface area (Å²) in [5.41, 5.74) is 1.40. The molecular formula is C16H27N3S. The van der Waals surface area contributed by atoms with Gasteiger partial charge in [0.05, 0.1) is 11.2 Å². The van der Waals surface area contributed by atoms with Crippen molar-refractivity contribution >= 4 is 11.3 Å². The van der Waals surface area contributed by atoms with Crippen LogP contribution in [0.2, 0.25) is 0 Å². The first-order chi connectivity index (χ1) is 9.56. The molecule has 0 bridgehead atoms. The highest BCUT2D eigenvalue weighted by Crippen LogP contribution is 2.45. The van der Waals surface area contributed by atoms with Gasteiger partial charge >= 0.3 is 0 Å². The number of aryl methyl sites for hydroxylation is 2. The highest BCUT2D eigenvalue weighted by atomic mass is 32.1. The van der Waals surface area contributed by atoms with E-state index in [1.165, 1.54) is 47.9 Å². The number of nitrogens with one attached hydrogen (secondary N) is 1. The maximum absolute atomic E-state index is 5.03. The summed E-state index contributed by atoms with van der Waals surface area (Å²) in [5.74, 6) is 0. The molecule has 2 unspecified atom stereocenters. The van der Waals surface area contributed by atoms with E-state index in [4.69, 9.17) is 4.98 Å². The number of fused-ring (bicyclic) bond motifs is 1. The van der Waals surface area contributed by atoms with Crippen molar-refractivity contribution in [2.24, 2.45) is 0 Å². The molecule has 1 aromatic heterocycles. The van der Waals surface area contributed by atoms with E-state index in [1.807, 2.05) is 11.3 Å². The molecule has 0 spiro atoms. The Kier molecular flexibility index (Phi) is 3.91. The van der Waals surface area contributed by atoms with E-state index in [0.717, 1.165) is 6.42 Å². The second-order valence-corrected chi connectivity index (χ2v) is 7.79. The lowest BCUT2D eigenvalue weighted by molar-refractivity contribution is 0.212. The summed E-state index contributed by atoms with van der Waals surface area (Å²) in [6.45, 7) is 11.5.